The standard InChI is InChI=1S/C29H26ClF4N5O4/c1-2-43-26-18(12-24(35)40)11-23(37-25(26)16-5-6-21(31)20(30)10-16)28(42,29(32,33)34)14-36-27(41)17-7-8-39-19(9-17)13-22(38-39)15-3-4-15/h5-11,13,15,42H,2-4,12,14H2,1H3,(H2,35,40)(H,36,41)/t28-/m0/s1. The molecule has 1 aliphatic carbocycles. The first kappa shape index (κ1) is 30.2. The fourth-order valence-electron chi connectivity index (χ4n) is 4.64. The van der Waals surface area contributed by atoms with Crippen LogP contribution in [0.1, 0.15) is 53.0 Å². The number of pyridine rings is 2. The number of nitrogens with two attached hydrogens (primary N) is 1. The maximum atomic E-state index is 14.6. The summed E-state index contributed by atoms with van der Waals surface area (Å²) in [6, 6.07) is 8.85. The quantitative estimate of drug-likeness (QED) is 0.221. The average molecular weight is 620 g/mol. The first-order chi connectivity index (χ1) is 20.3. The normalized spacial score (nSPS) is 14.9. The van der Waals surface area contributed by atoms with E-state index in [2.05, 4.69) is 15.4 Å². The molecule has 0 aliphatic heterocycles. The number of alkyl halides is 3. The molecule has 43 heavy (non-hydrogen) atoms. The molecule has 1 atom stereocenters. The van der Waals surface area contributed by atoms with E-state index in [4.69, 9.17) is 22.1 Å². The van der Waals surface area contributed by atoms with Gasteiger partial charge >= 0.3 is 6.18 Å². The summed E-state index contributed by atoms with van der Waals surface area (Å²) in [5.41, 5.74) is 1.89. The van der Waals surface area contributed by atoms with Gasteiger partial charge in [-0.2, -0.15) is 18.3 Å². The van der Waals surface area contributed by atoms with Crippen molar-refractivity contribution in [2.24, 2.45) is 5.73 Å². The lowest BCUT2D eigenvalue weighted by Gasteiger charge is -2.31. The smallest absolute Gasteiger partial charge is 0.424 e. The number of carbonyl (C=O) groups excluding carboxylic acids is 2. The third-order valence-electron chi connectivity index (χ3n) is 7.03. The average Bonchev–Trinajstić information content (AvgIpc) is 3.71. The van der Waals surface area contributed by atoms with Gasteiger partial charge in [0.1, 0.15) is 17.3 Å². The Morgan fingerprint density at radius 3 is 2.56 bits per heavy atom. The van der Waals surface area contributed by atoms with Gasteiger partial charge in [0.2, 0.25) is 11.5 Å². The molecule has 0 bridgehead atoms. The molecule has 0 radical (unpaired) electrons. The third kappa shape index (κ3) is 6.13. The molecule has 4 aromatic rings. The molecule has 5 rings (SSSR count). The van der Waals surface area contributed by atoms with Gasteiger partial charge in [-0.15, -0.1) is 0 Å². The summed E-state index contributed by atoms with van der Waals surface area (Å²) in [5, 5.41) is 17.4. The number of halogens is 5. The van der Waals surface area contributed by atoms with Crippen LogP contribution in [-0.4, -0.2) is 50.8 Å². The van der Waals surface area contributed by atoms with E-state index in [1.54, 1.807) is 11.4 Å². The number of rotatable bonds is 10. The van der Waals surface area contributed by atoms with Gasteiger partial charge in [0.05, 0.1) is 41.5 Å². The van der Waals surface area contributed by atoms with Gasteiger partial charge in [-0.1, -0.05) is 11.6 Å². The van der Waals surface area contributed by atoms with Crippen LogP contribution in [-0.2, 0) is 16.8 Å². The Kier molecular flexibility index (Phi) is 8.05. The molecule has 4 N–H and O–H groups in total. The lowest BCUT2D eigenvalue weighted by Crippen LogP contribution is -2.51. The van der Waals surface area contributed by atoms with Gasteiger partial charge < -0.3 is 20.9 Å². The van der Waals surface area contributed by atoms with Crippen LogP contribution in [0.5, 0.6) is 5.75 Å². The van der Waals surface area contributed by atoms with Crippen molar-refractivity contribution in [2.45, 2.75) is 43.9 Å². The van der Waals surface area contributed by atoms with E-state index < -0.39 is 48.1 Å². The van der Waals surface area contributed by atoms with Gasteiger partial charge in [-0.3, -0.25) is 9.59 Å². The van der Waals surface area contributed by atoms with Gasteiger partial charge in [0.25, 0.3) is 5.91 Å². The molecule has 1 fully saturated rings. The molecule has 0 saturated heterocycles. The van der Waals surface area contributed by atoms with Crippen molar-refractivity contribution in [2.75, 3.05) is 13.2 Å². The molecule has 1 aromatic carbocycles. The van der Waals surface area contributed by atoms with Crippen molar-refractivity contribution in [1.82, 2.24) is 19.9 Å². The number of fused-ring (bicyclic) bond motifs is 1. The van der Waals surface area contributed by atoms with Crippen LogP contribution >= 0.6 is 11.6 Å². The second-order valence-electron chi connectivity index (χ2n) is 10.2. The number of hydrogen-bond acceptors (Lipinski definition) is 6. The lowest BCUT2D eigenvalue weighted by molar-refractivity contribution is -0.265. The van der Waals surface area contributed by atoms with Crippen LogP contribution in [0.2, 0.25) is 5.02 Å². The summed E-state index contributed by atoms with van der Waals surface area (Å²) >= 11 is 5.92. The van der Waals surface area contributed by atoms with E-state index >= 15 is 0 Å². The van der Waals surface area contributed by atoms with E-state index in [9.17, 15) is 32.3 Å². The molecule has 0 unspecified atom stereocenters. The minimum atomic E-state index is -5.35. The summed E-state index contributed by atoms with van der Waals surface area (Å²) < 4.78 is 64.8. The Bertz CT molecular complexity index is 1720. The van der Waals surface area contributed by atoms with Crippen LogP contribution < -0.4 is 15.8 Å². The molecule has 1 aliphatic rings. The molecule has 226 valence electrons. The number of nitrogens with one attached hydrogen (secondary N) is 1. The van der Waals surface area contributed by atoms with Gasteiger partial charge in [0, 0.05) is 28.8 Å². The third-order valence-corrected chi connectivity index (χ3v) is 7.32. The first-order valence-electron chi connectivity index (χ1n) is 13.3. The number of aromatic nitrogens is 3. The van der Waals surface area contributed by atoms with Crippen LogP contribution in [0.15, 0.2) is 48.7 Å². The van der Waals surface area contributed by atoms with Crippen LogP contribution in [0, 0.1) is 5.82 Å². The van der Waals surface area contributed by atoms with E-state index in [1.165, 1.54) is 24.4 Å². The fourth-order valence-corrected chi connectivity index (χ4v) is 4.82. The SMILES string of the molecule is CCOc1c(CC(N)=O)cc([C@@](O)(CNC(=O)c2ccn3nc(C4CC4)cc3c2)C(F)(F)F)nc1-c1ccc(F)c(Cl)c1. The molecular formula is C29H26ClF4N5O4. The predicted octanol–water partition coefficient (Wildman–Crippen LogP) is 4.67. The maximum Gasteiger partial charge on any atom is 0.424 e. The van der Waals surface area contributed by atoms with Crippen molar-refractivity contribution in [3.63, 3.8) is 0 Å². The summed E-state index contributed by atoms with van der Waals surface area (Å²) in [5.74, 6) is -2.31. The zero-order valence-electron chi connectivity index (χ0n) is 22.7. The van der Waals surface area contributed by atoms with E-state index in [0.717, 1.165) is 36.7 Å². The Hall–Kier alpha value is -4.23. The van der Waals surface area contributed by atoms with Crippen molar-refractivity contribution >= 4 is 28.9 Å². The molecule has 14 heteroatoms. The highest BCUT2D eigenvalue weighted by Gasteiger charge is 2.56. The maximum absolute atomic E-state index is 14.6. The van der Waals surface area contributed by atoms with Crippen LogP contribution in [0.4, 0.5) is 17.6 Å². The zero-order chi connectivity index (χ0) is 31.1. The molecule has 9 nitrogen and oxygen atoms in total. The second-order valence-corrected chi connectivity index (χ2v) is 10.6. The summed E-state index contributed by atoms with van der Waals surface area (Å²) in [6.45, 7) is 0.296. The molecule has 2 amide bonds. The highest BCUT2D eigenvalue weighted by atomic mass is 35.5. The van der Waals surface area contributed by atoms with E-state index in [0.29, 0.717) is 11.4 Å². The molecule has 3 aromatic heterocycles. The Balaban J connectivity index is 1.54. The minimum absolute atomic E-state index is 0.0258. The van der Waals surface area contributed by atoms with Crippen LogP contribution in [0.3, 0.4) is 0 Å². The van der Waals surface area contributed by atoms with Gasteiger partial charge in [-0.25, -0.2) is 13.9 Å². The summed E-state index contributed by atoms with van der Waals surface area (Å²) in [4.78, 5) is 28.9. The number of hydrogen-bond donors (Lipinski definition) is 3. The molecule has 1 saturated carbocycles. The largest absolute Gasteiger partial charge is 0.491 e. The Morgan fingerprint density at radius 2 is 1.93 bits per heavy atom. The summed E-state index contributed by atoms with van der Waals surface area (Å²) in [6.07, 6.45) is -2.36. The van der Waals surface area contributed by atoms with Crippen molar-refractivity contribution in [1.29, 1.82) is 0 Å². The highest BCUT2D eigenvalue weighted by molar-refractivity contribution is 6.31. The second kappa shape index (κ2) is 11.5. The Labute approximate surface area is 247 Å². The number of benzene rings is 1. The molecular weight excluding hydrogens is 594 g/mol. The first-order valence-corrected chi connectivity index (χ1v) is 13.7. The zero-order valence-corrected chi connectivity index (χ0v) is 23.5. The number of nitrogens with zero attached hydrogens (tertiary/aromatic N) is 3. The van der Waals surface area contributed by atoms with E-state index in [1.807, 2.05) is 6.07 Å². The van der Waals surface area contributed by atoms with Crippen molar-refractivity contribution in [3.05, 3.63) is 82.0 Å². The monoisotopic (exact) mass is 619 g/mol. The highest BCUT2D eigenvalue weighted by Crippen LogP contribution is 2.42. The van der Waals surface area contributed by atoms with Crippen LogP contribution in [0.25, 0.3) is 16.8 Å². The van der Waals surface area contributed by atoms with E-state index in [-0.39, 0.29) is 39.8 Å². The van der Waals surface area contributed by atoms with Gasteiger partial charge in [-0.05, 0) is 62.2 Å². The molecule has 0 spiro atoms. The fraction of sp³-hybridized carbons (Fsp3) is 0.310. The van der Waals surface area contributed by atoms with Crippen molar-refractivity contribution < 1.29 is 37.0 Å². The minimum Gasteiger partial charge on any atom is -0.491 e. The number of amides is 2. The summed E-state index contributed by atoms with van der Waals surface area (Å²) in [7, 11) is 0. The number of aliphatic hydroxyl groups is 1. The Morgan fingerprint density at radius 1 is 1.19 bits per heavy atom. The lowest BCUT2D eigenvalue weighted by atomic mass is 9.93. The number of primary amides is 1. The number of ether oxygens (including phenoxy) is 1. The molecule has 3 heterocycles. The van der Waals surface area contributed by atoms with Gasteiger partial charge in [0.15, 0.2) is 0 Å². The predicted molar refractivity (Wildman–Crippen MR) is 148 cm³/mol. The van der Waals surface area contributed by atoms with Crippen molar-refractivity contribution in [3.8, 4) is 17.0 Å². The number of carbonyl (C=O) groups is 2. The topological polar surface area (TPSA) is 132 Å².